The van der Waals surface area contributed by atoms with Crippen molar-refractivity contribution in [1.29, 1.82) is 0 Å². The Kier molecular flexibility index (Phi) is 16.2. The third kappa shape index (κ3) is 10.6. The molecule has 6 aliphatic rings. The van der Waals surface area contributed by atoms with Gasteiger partial charge in [0.15, 0.2) is 29.9 Å². The van der Waals surface area contributed by atoms with Crippen molar-refractivity contribution >= 4 is 41.9 Å². The molecule has 10 rings (SSSR count). The first-order chi connectivity index (χ1) is 38.3. The van der Waals surface area contributed by atoms with E-state index in [2.05, 4.69) is 16.8 Å². The average Bonchev–Trinajstić information content (AvgIpc) is 4.01. The number of ether oxygens (including phenoxy) is 4. The number of nitrogens with zero attached hydrogens (tertiary/aromatic N) is 1. The van der Waals surface area contributed by atoms with E-state index in [0.717, 1.165) is 43.7 Å². The van der Waals surface area contributed by atoms with Gasteiger partial charge in [-0.3, -0.25) is 24.2 Å². The van der Waals surface area contributed by atoms with Gasteiger partial charge in [-0.2, -0.15) is 0 Å². The molecule has 0 amide bonds. The van der Waals surface area contributed by atoms with Gasteiger partial charge in [-0.15, -0.1) is 0 Å². The predicted molar refractivity (Wildman–Crippen MR) is 291 cm³/mol. The molecular weight excluding hydrogens is 1030 g/mol. The van der Waals surface area contributed by atoms with Gasteiger partial charge in [0.1, 0.15) is 23.4 Å². The molecule has 19 nitrogen and oxygen atoms in total. The molecule has 3 fully saturated rings. The van der Waals surface area contributed by atoms with Crippen LogP contribution in [0.25, 0.3) is 12.2 Å². The lowest BCUT2D eigenvalue weighted by atomic mass is 9.70. The van der Waals surface area contributed by atoms with Gasteiger partial charge < -0.3 is 71.9 Å². The number of benzene rings is 4. The summed E-state index contributed by atoms with van der Waals surface area (Å²) in [5.41, 5.74) is 17.6. The number of nitrogens with two attached hydrogens (primary N) is 3. The van der Waals surface area contributed by atoms with Crippen molar-refractivity contribution in [3.63, 3.8) is 0 Å². The number of hydrogen-bond donors (Lipinski definition) is 10. The molecule has 0 spiro atoms. The maximum Gasteiger partial charge on any atom is 0.308 e. The molecule has 0 radical (unpaired) electrons. The van der Waals surface area contributed by atoms with Crippen molar-refractivity contribution in [3.8, 4) is 29.1 Å². The molecule has 2 saturated carbocycles. The summed E-state index contributed by atoms with van der Waals surface area (Å²) in [7, 11) is 0. The number of esters is 1. The lowest BCUT2D eigenvalue weighted by Gasteiger charge is -2.48. The number of aliphatic hydroxyl groups is 6. The van der Waals surface area contributed by atoms with Crippen LogP contribution in [0.2, 0.25) is 0 Å². The Labute approximate surface area is 462 Å². The highest BCUT2D eigenvalue weighted by molar-refractivity contribution is 6.32. The number of carbonyl (C=O) groups is 4. The Balaban J connectivity index is 1.26. The zero-order valence-electron chi connectivity index (χ0n) is 44.5. The SMILES string of the molecule is CC(=O)Oc1cc(CO)c2c3c1/C=C/c1cccc(c1)C[C@H](O)CC[C@@H](N)C#CCc1c(O[C@H]4O[C@@H](C5CCCC5)[C@@H](O)C(O)(O)[C@H]4OCCN=C(N)N)c(Cc4ccc5c(c4C=O)[C@@]4(O)CCC[C@H]4CC5)c(O)c(c1C3=O)C2=O. The molecule has 80 heavy (non-hydrogen) atoms. The van der Waals surface area contributed by atoms with Gasteiger partial charge in [0, 0.05) is 58.7 Å². The van der Waals surface area contributed by atoms with Crippen LogP contribution in [0.4, 0.5) is 0 Å². The van der Waals surface area contributed by atoms with Gasteiger partial charge in [-0.25, -0.2) is 0 Å². The first-order valence-electron chi connectivity index (χ1n) is 27.5. The topological polar surface area (TPSA) is 337 Å². The third-order valence-corrected chi connectivity index (χ3v) is 17.0. The van der Waals surface area contributed by atoms with Crippen molar-refractivity contribution in [2.45, 2.75) is 152 Å². The van der Waals surface area contributed by atoms with Crippen LogP contribution in [0.15, 0.2) is 47.5 Å². The number of carbonyl (C=O) groups excluding carboxylic acids is 4. The minimum Gasteiger partial charge on any atom is -0.507 e. The fourth-order valence-corrected chi connectivity index (χ4v) is 13.2. The van der Waals surface area contributed by atoms with Gasteiger partial charge >= 0.3 is 5.97 Å². The maximum absolute atomic E-state index is 16.1. The third-order valence-electron chi connectivity index (χ3n) is 17.0. The van der Waals surface area contributed by atoms with Crippen molar-refractivity contribution < 1.29 is 73.9 Å². The van der Waals surface area contributed by atoms with Crippen molar-refractivity contribution in [2.75, 3.05) is 13.2 Å². The summed E-state index contributed by atoms with van der Waals surface area (Å²) in [5.74, 6) is -1.73. The van der Waals surface area contributed by atoms with E-state index in [1.165, 1.54) is 12.1 Å². The molecule has 5 aliphatic carbocycles. The van der Waals surface area contributed by atoms with Gasteiger partial charge in [0.05, 0.1) is 49.2 Å². The minimum atomic E-state index is -3.10. The molecular formula is C61H68N4O15. The van der Waals surface area contributed by atoms with Gasteiger partial charge in [-0.05, 0) is 122 Å². The molecule has 422 valence electrons. The maximum atomic E-state index is 16.1. The summed E-state index contributed by atoms with van der Waals surface area (Å²) in [4.78, 5) is 62.2. The van der Waals surface area contributed by atoms with Gasteiger partial charge in [-0.1, -0.05) is 67.2 Å². The van der Waals surface area contributed by atoms with Crippen LogP contribution in [0.1, 0.15) is 163 Å². The largest absolute Gasteiger partial charge is 0.507 e. The lowest BCUT2D eigenvalue weighted by molar-refractivity contribution is -0.386. The molecule has 1 saturated heterocycles. The van der Waals surface area contributed by atoms with E-state index in [9.17, 15) is 45.3 Å². The summed E-state index contributed by atoms with van der Waals surface area (Å²) in [6.07, 6.45) is 1.59. The first kappa shape index (κ1) is 56.4. The number of rotatable bonds is 12. The number of aliphatic imine (C=N–C) groups is 1. The summed E-state index contributed by atoms with van der Waals surface area (Å²) < 4.78 is 25.4. The van der Waals surface area contributed by atoms with E-state index < -0.39 is 108 Å². The van der Waals surface area contributed by atoms with Gasteiger partial charge in [0.2, 0.25) is 12.1 Å². The summed E-state index contributed by atoms with van der Waals surface area (Å²) >= 11 is 0. The number of guanidine groups is 1. The average molecular weight is 1100 g/mol. The van der Waals surface area contributed by atoms with E-state index in [0.29, 0.717) is 55.1 Å². The number of phenolic OH excluding ortho intramolecular Hbond substituents is 1. The minimum absolute atomic E-state index is 0.0375. The monoisotopic (exact) mass is 1100 g/mol. The Bertz CT molecular complexity index is 3260. The van der Waals surface area contributed by atoms with E-state index >= 15 is 9.59 Å². The number of phenols is 1. The molecule has 1 heterocycles. The summed E-state index contributed by atoms with van der Waals surface area (Å²) in [6, 6.07) is 11.2. The van der Waals surface area contributed by atoms with E-state index in [4.69, 9.17) is 36.1 Å². The van der Waals surface area contributed by atoms with E-state index in [1.54, 1.807) is 24.3 Å². The number of aliphatic hydroxyl groups excluding tert-OH is 3. The zero-order chi connectivity index (χ0) is 56.8. The second kappa shape index (κ2) is 23.0. The Morgan fingerprint density at radius 3 is 2.44 bits per heavy atom. The molecule has 1 aliphatic heterocycles. The zero-order valence-corrected chi connectivity index (χ0v) is 44.5. The number of aromatic hydroxyl groups is 1. The number of aryl methyl sites for hydroxylation is 1. The van der Waals surface area contributed by atoms with Crippen LogP contribution in [0.5, 0.6) is 17.2 Å². The van der Waals surface area contributed by atoms with Crippen LogP contribution in [0.3, 0.4) is 0 Å². The van der Waals surface area contributed by atoms with Crippen molar-refractivity contribution in [3.05, 3.63) is 120 Å². The highest BCUT2D eigenvalue weighted by Gasteiger charge is 2.59. The predicted octanol–water partition coefficient (Wildman–Crippen LogP) is 3.66. The Morgan fingerprint density at radius 2 is 1.70 bits per heavy atom. The fraction of sp³-hybridized carbons (Fsp3) is 0.459. The highest BCUT2D eigenvalue weighted by Crippen LogP contribution is 2.53. The normalized spacial score (nSPS) is 26.4. The molecule has 0 unspecified atom stereocenters. The molecule has 4 bridgehead atoms. The molecule has 4 aromatic rings. The number of hydrogen-bond acceptors (Lipinski definition) is 17. The molecule has 4 aromatic carbocycles. The quantitative estimate of drug-likeness (QED) is 0.0125. The van der Waals surface area contributed by atoms with Crippen molar-refractivity contribution in [2.24, 2.45) is 34.0 Å². The van der Waals surface area contributed by atoms with E-state index in [-0.39, 0.29) is 94.7 Å². The Morgan fingerprint density at radius 1 is 0.925 bits per heavy atom. The van der Waals surface area contributed by atoms with Crippen LogP contribution >= 0.6 is 0 Å². The lowest BCUT2D eigenvalue weighted by Crippen LogP contribution is -2.69. The van der Waals surface area contributed by atoms with E-state index in [1.807, 2.05) is 18.2 Å². The van der Waals surface area contributed by atoms with Gasteiger partial charge in [0.25, 0.3) is 0 Å². The highest BCUT2D eigenvalue weighted by atomic mass is 16.7. The summed E-state index contributed by atoms with van der Waals surface area (Å²) in [6.45, 7) is -0.228. The number of ketones is 2. The van der Waals surface area contributed by atoms with Crippen LogP contribution in [-0.4, -0.2) is 121 Å². The second-order valence-corrected chi connectivity index (χ2v) is 22.1. The number of fused-ring (bicyclic) bond motifs is 5. The molecule has 8 atom stereocenters. The molecule has 13 N–H and O–H groups in total. The molecule has 0 aromatic heterocycles. The van der Waals surface area contributed by atoms with Crippen LogP contribution in [0, 0.1) is 23.7 Å². The standard InChI is InChI=1S/C61H68N4O15/c1-31(68)78-45-28-37(29-66)46-47-41(45)21-14-32-7-4-8-33(25-32)26-40(69)20-19-39(62)12-5-13-42-48(53(47)72)49(52(46)71)51(70)43(27-36-16-15-34-17-18-38-11-6-22-60(38,74)50(34)44(36)30-67)55(42)80-58-57(77-24-23-65-59(63)64)61(75,76)56(73)54(79-58)35-9-2-3-10-35/h4,7-8,14-16,21,25,28,30,35,38-40,54,56-58,66,69-70,73-76H,2-3,6,9-11,13,17-20,22-24,26-27,29,62H2,1H3,(H4,63,64,65)/b21-14+/t38-,39-,40+,54-,56+,57-,58+,60+/m0/s1. The number of aldehydes is 1. The second-order valence-electron chi connectivity index (χ2n) is 22.1. The van der Waals surface area contributed by atoms with Crippen LogP contribution < -0.4 is 26.7 Å². The molecule has 19 heteroatoms. The van der Waals surface area contributed by atoms with Crippen LogP contribution in [-0.2, 0) is 52.2 Å². The summed E-state index contributed by atoms with van der Waals surface area (Å²) in [5, 5.41) is 83.7. The fourth-order valence-electron chi connectivity index (χ4n) is 13.2. The Hall–Kier alpha value is -6.83. The first-order valence-corrected chi connectivity index (χ1v) is 27.5. The smallest absolute Gasteiger partial charge is 0.308 e. The van der Waals surface area contributed by atoms with Crippen molar-refractivity contribution in [1.82, 2.24) is 0 Å².